The Hall–Kier alpha value is -0.870. The van der Waals surface area contributed by atoms with Crippen molar-refractivity contribution < 1.29 is 8.81 Å². The first-order valence-corrected chi connectivity index (χ1v) is 5.50. The van der Waals surface area contributed by atoms with Gasteiger partial charge in [-0.1, -0.05) is 6.07 Å². The molecule has 0 N–H and O–H groups in total. The van der Waals surface area contributed by atoms with E-state index in [-0.39, 0.29) is 11.7 Å². The van der Waals surface area contributed by atoms with Gasteiger partial charge in [-0.25, -0.2) is 9.37 Å². The fourth-order valence-electron chi connectivity index (χ4n) is 1.19. The number of hydrogen-bond acceptors (Lipinski definition) is 2. The van der Waals surface area contributed by atoms with Gasteiger partial charge in [0.15, 0.2) is 5.76 Å². The van der Waals surface area contributed by atoms with Crippen molar-refractivity contribution in [3.8, 4) is 11.3 Å². The molecular weight excluding hydrogens is 284 g/mol. The normalized spacial score (nSPS) is 10.6. The Bertz CT molecular complexity index is 486. The molecule has 78 valence electrons. The minimum Gasteiger partial charge on any atom is -0.439 e. The first-order valence-electron chi connectivity index (χ1n) is 4.17. The molecule has 0 aliphatic carbocycles. The van der Waals surface area contributed by atoms with Crippen LogP contribution in [0.2, 0.25) is 0 Å². The number of benzene rings is 1. The maximum absolute atomic E-state index is 13.6. The molecule has 0 radical (unpaired) electrons. The number of alkyl halides is 1. The first-order chi connectivity index (χ1) is 7.22. The van der Waals surface area contributed by atoms with Crippen molar-refractivity contribution in [2.75, 3.05) is 0 Å². The van der Waals surface area contributed by atoms with E-state index < -0.39 is 0 Å². The van der Waals surface area contributed by atoms with Gasteiger partial charge in [0.2, 0.25) is 5.89 Å². The number of aromatic nitrogens is 1. The molecule has 0 unspecified atom stereocenters. The number of rotatable bonds is 2. The van der Waals surface area contributed by atoms with Crippen molar-refractivity contribution >= 4 is 27.5 Å². The van der Waals surface area contributed by atoms with Crippen LogP contribution in [0.1, 0.15) is 5.89 Å². The summed E-state index contributed by atoms with van der Waals surface area (Å²) in [6.07, 6.45) is 1.46. The van der Waals surface area contributed by atoms with Gasteiger partial charge in [0.25, 0.3) is 0 Å². The zero-order valence-electron chi connectivity index (χ0n) is 7.51. The Balaban J connectivity index is 2.49. The second-order valence-corrected chi connectivity index (χ2v) is 3.97. The summed E-state index contributed by atoms with van der Waals surface area (Å²) < 4.78 is 19.3. The molecule has 0 amide bonds. The molecule has 15 heavy (non-hydrogen) atoms. The second kappa shape index (κ2) is 4.33. The van der Waals surface area contributed by atoms with E-state index in [1.165, 1.54) is 6.20 Å². The molecule has 2 rings (SSSR count). The zero-order valence-corrected chi connectivity index (χ0v) is 9.85. The second-order valence-electron chi connectivity index (χ2n) is 2.85. The van der Waals surface area contributed by atoms with E-state index in [1.807, 2.05) is 0 Å². The molecule has 0 bridgehead atoms. The molecule has 0 aliphatic heterocycles. The van der Waals surface area contributed by atoms with E-state index in [0.29, 0.717) is 21.7 Å². The molecule has 0 spiro atoms. The van der Waals surface area contributed by atoms with Crippen LogP contribution in [0.5, 0.6) is 0 Å². The van der Waals surface area contributed by atoms with Crippen molar-refractivity contribution in [2.24, 2.45) is 0 Å². The van der Waals surface area contributed by atoms with Crippen LogP contribution in [0.3, 0.4) is 0 Å². The smallest absolute Gasteiger partial charge is 0.209 e. The predicted octanol–water partition coefficient (Wildman–Crippen LogP) is 3.98. The zero-order chi connectivity index (χ0) is 10.8. The molecule has 1 aromatic carbocycles. The van der Waals surface area contributed by atoms with Gasteiger partial charge < -0.3 is 4.42 Å². The minimum absolute atomic E-state index is 0.176. The van der Waals surface area contributed by atoms with Crippen molar-refractivity contribution in [3.63, 3.8) is 0 Å². The topological polar surface area (TPSA) is 26.0 Å². The van der Waals surface area contributed by atoms with Gasteiger partial charge in [-0.15, -0.1) is 11.6 Å². The molecule has 5 heteroatoms. The fraction of sp³-hybridized carbons (Fsp3) is 0.100. The highest BCUT2D eigenvalue weighted by molar-refractivity contribution is 9.10. The number of oxazole rings is 1. The highest BCUT2D eigenvalue weighted by atomic mass is 79.9. The van der Waals surface area contributed by atoms with Crippen LogP contribution in [-0.4, -0.2) is 4.98 Å². The summed E-state index contributed by atoms with van der Waals surface area (Å²) in [4.78, 5) is 3.90. The summed E-state index contributed by atoms with van der Waals surface area (Å²) in [5, 5.41) is 0. The maximum Gasteiger partial charge on any atom is 0.209 e. The number of nitrogens with zero attached hydrogens (tertiary/aromatic N) is 1. The lowest BCUT2D eigenvalue weighted by Crippen LogP contribution is -1.83. The van der Waals surface area contributed by atoms with E-state index in [9.17, 15) is 4.39 Å². The molecule has 0 saturated heterocycles. The third kappa shape index (κ3) is 2.06. The van der Waals surface area contributed by atoms with Crippen LogP contribution < -0.4 is 0 Å². The molecule has 0 atom stereocenters. The third-order valence-corrected chi connectivity index (χ3v) is 2.73. The van der Waals surface area contributed by atoms with Crippen LogP contribution >= 0.6 is 27.5 Å². The van der Waals surface area contributed by atoms with E-state index >= 15 is 0 Å². The summed E-state index contributed by atoms with van der Waals surface area (Å²) in [6.45, 7) is 0. The highest BCUT2D eigenvalue weighted by Gasteiger charge is 2.12. The van der Waals surface area contributed by atoms with Crippen LogP contribution in [0.25, 0.3) is 11.3 Å². The van der Waals surface area contributed by atoms with Crippen molar-refractivity contribution in [3.05, 3.63) is 40.6 Å². The van der Waals surface area contributed by atoms with Crippen LogP contribution in [0.4, 0.5) is 4.39 Å². The molecule has 0 fully saturated rings. The summed E-state index contributed by atoms with van der Waals surface area (Å²) >= 11 is 8.64. The predicted molar refractivity (Wildman–Crippen MR) is 59.2 cm³/mol. The highest BCUT2D eigenvalue weighted by Crippen LogP contribution is 2.28. The SMILES string of the molecule is Fc1c(Br)cccc1-c1cnc(CCl)o1. The number of halogens is 3. The minimum atomic E-state index is -0.366. The lowest BCUT2D eigenvalue weighted by molar-refractivity contribution is 0.522. The molecule has 1 heterocycles. The Morgan fingerprint density at radius 3 is 2.93 bits per heavy atom. The Morgan fingerprint density at radius 1 is 1.47 bits per heavy atom. The average Bonchev–Trinajstić information content (AvgIpc) is 2.70. The van der Waals surface area contributed by atoms with Gasteiger partial charge in [0.05, 0.1) is 22.1 Å². The average molecular weight is 291 g/mol. The largest absolute Gasteiger partial charge is 0.439 e. The number of hydrogen-bond donors (Lipinski definition) is 0. The Labute approximate surface area is 99.2 Å². The van der Waals surface area contributed by atoms with Gasteiger partial charge in [-0.3, -0.25) is 0 Å². The molecule has 0 saturated carbocycles. The van der Waals surface area contributed by atoms with Gasteiger partial charge in [-0.05, 0) is 28.1 Å². The van der Waals surface area contributed by atoms with Gasteiger partial charge in [-0.2, -0.15) is 0 Å². The lowest BCUT2D eigenvalue weighted by atomic mass is 10.2. The Kier molecular flexibility index (Phi) is 3.07. The van der Waals surface area contributed by atoms with Crippen LogP contribution in [-0.2, 0) is 5.88 Å². The van der Waals surface area contributed by atoms with Crippen molar-refractivity contribution in [2.45, 2.75) is 5.88 Å². The molecular formula is C10H6BrClFNO. The van der Waals surface area contributed by atoms with Gasteiger partial charge in [0, 0.05) is 0 Å². The first kappa shape index (κ1) is 10.6. The van der Waals surface area contributed by atoms with Gasteiger partial charge in [0.1, 0.15) is 5.82 Å². The summed E-state index contributed by atoms with van der Waals surface area (Å²) in [7, 11) is 0. The summed E-state index contributed by atoms with van der Waals surface area (Å²) in [6, 6.07) is 4.97. The molecule has 0 aliphatic rings. The lowest BCUT2D eigenvalue weighted by Gasteiger charge is -1.99. The van der Waals surface area contributed by atoms with Crippen molar-refractivity contribution in [1.82, 2.24) is 4.98 Å². The van der Waals surface area contributed by atoms with Gasteiger partial charge >= 0.3 is 0 Å². The standard InChI is InChI=1S/C10H6BrClFNO/c11-7-3-1-2-6(10(7)13)8-5-14-9(4-12)15-8/h1-3,5H,4H2. The van der Waals surface area contributed by atoms with Crippen LogP contribution in [0, 0.1) is 5.82 Å². The Morgan fingerprint density at radius 2 is 2.27 bits per heavy atom. The fourth-order valence-corrected chi connectivity index (χ4v) is 1.68. The van der Waals surface area contributed by atoms with Crippen molar-refractivity contribution in [1.29, 1.82) is 0 Å². The van der Waals surface area contributed by atoms with E-state index in [2.05, 4.69) is 20.9 Å². The quantitative estimate of drug-likeness (QED) is 0.782. The maximum atomic E-state index is 13.6. The van der Waals surface area contributed by atoms with E-state index in [0.717, 1.165) is 0 Å². The third-order valence-electron chi connectivity index (χ3n) is 1.88. The summed E-state index contributed by atoms with van der Waals surface area (Å²) in [5.74, 6) is 0.570. The monoisotopic (exact) mass is 289 g/mol. The molecule has 2 aromatic rings. The van der Waals surface area contributed by atoms with Crippen LogP contribution in [0.15, 0.2) is 33.3 Å². The molecule has 2 nitrogen and oxygen atoms in total. The van der Waals surface area contributed by atoms with E-state index in [1.54, 1.807) is 18.2 Å². The molecule has 1 aromatic heterocycles. The summed E-state index contributed by atoms with van der Waals surface area (Å²) in [5.41, 5.74) is 0.369. The van der Waals surface area contributed by atoms with E-state index in [4.69, 9.17) is 16.0 Å².